The van der Waals surface area contributed by atoms with Crippen LogP contribution in [-0.2, 0) is 29.3 Å². The number of phenolic OH excluding ortho intramolecular Hbond substituents is 2. The molecule has 1 atom stereocenters. The molecule has 7 nitrogen and oxygen atoms in total. The molecule has 1 aliphatic rings. The number of hydrogen-bond donors (Lipinski definition) is 4. The van der Waals surface area contributed by atoms with E-state index in [2.05, 4.69) is 22.1 Å². The Kier molecular flexibility index (Phi) is 13.2. The minimum Gasteiger partial charge on any atom is -0.504 e. The Morgan fingerprint density at radius 2 is 1.74 bits per heavy atom. The van der Waals surface area contributed by atoms with Gasteiger partial charge in [0, 0.05) is 30.4 Å². The molecule has 35 heavy (non-hydrogen) atoms. The highest BCUT2D eigenvalue weighted by Gasteiger charge is 2.26. The first-order valence-electron chi connectivity index (χ1n) is 11.9. The number of nitrogens with zero attached hydrogens (tertiary/aromatic N) is 1. The minimum absolute atomic E-state index is 0. The molecule has 2 aromatic rings. The van der Waals surface area contributed by atoms with Gasteiger partial charge in [0.05, 0.1) is 6.26 Å². The summed E-state index contributed by atoms with van der Waals surface area (Å²) < 4.78 is 25.2. The van der Waals surface area contributed by atoms with Gasteiger partial charge in [-0.1, -0.05) is 44.4 Å². The van der Waals surface area contributed by atoms with Gasteiger partial charge in [0.2, 0.25) is 10.0 Å². The second-order valence-electron chi connectivity index (χ2n) is 8.95. The fourth-order valence-corrected chi connectivity index (χ4v) is 5.03. The van der Waals surface area contributed by atoms with Crippen molar-refractivity contribution in [2.24, 2.45) is 0 Å². The number of phenols is 2. The Morgan fingerprint density at radius 3 is 2.40 bits per heavy atom. The van der Waals surface area contributed by atoms with Crippen LogP contribution < -0.4 is 10.1 Å². The zero-order valence-electron chi connectivity index (χ0n) is 20.5. The van der Waals surface area contributed by atoms with Gasteiger partial charge >= 0.3 is 0 Å². The first-order valence-corrected chi connectivity index (χ1v) is 13.8. The third kappa shape index (κ3) is 9.69. The van der Waals surface area contributed by atoms with Crippen LogP contribution in [0.4, 0.5) is 5.69 Å². The molecule has 4 N–H and O–H groups in total. The third-order valence-electron chi connectivity index (χ3n) is 6.22. The molecule has 0 saturated carbocycles. The van der Waals surface area contributed by atoms with Crippen molar-refractivity contribution < 1.29 is 18.6 Å². The predicted molar refractivity (Wildman–Crippen MR) is 148 cm³/mol. The summed E-state index contributed by atoms with van der Waals surface area (Å²) in [6, 6.07) is 11.3. The number of fused-ring (bicyclic) bond motifs is 1. The van der Waals surface area contributed by atoms with E-state index in [1.807, 2.05) is 18.2 Å². The molecule has 198 valence electrons. The smallest absolute Gasteiger partial charge is 0.229 e. The van der Waals surface area contributed by atoms with Crippen molar-refractivity contribution in [2.75, 3.05) is 24.1 Å². The van der Waals surface area contributed by atoms with Crippen molar-refractivity contribution >= 4 is 40.5 Å². The number of anilines is 1. The number of hydrazine groups is 1. The number of sulfonamides is 1. The fraction of sp³-hybridized carbons (Fsp3) is 0.520. The maximum absolute atomic E-state index is 11.4. The number of rotatable bonds is 12. The average molecular weight is 549 g/mol. The van der Waals surface area contributed by atoms with Crippen molar-refractivity contribution in [2.45, 2.75) is 64.3 Å². The van der Waals surface area contributed by atoms with Crippen LogP contribution in [0.15, 0.2) is 36.4 Å². The van der Waals surface area contributed by atoms with Gasteiger partial charge in [-0.3, -0.25) is 10.1 Å². The van der Waals surface area contributed by atoms with Crippen molar-refractivity contribution in [3.8, 4) is 11.5 Å². The first kappa shape index (κ1) is 31.3. The van der Waals surface area contributed by atoms with E-state index >= 15 is 0 Å². The normalized spacial score (nSPS) is 15.1. The molecule has 2 aromatic carbocycles. The molecule has 0 spiro atoms. The van der Waals surface area contributed by atoms with E-state index in [1.165, 1.54) is 19.3 Å². The summed E-state index contributed by atoms with van der Waals surface area (Å²) in [7, 11) is -3.27. The summed E-state index contributed by atoms with van der Waals surface area (Å²) in [6.45, 7) is 3.98. The largest absolute Gasteiger partial charge is 0.504 e. The van der Waals surface area contributed by atoms with Crippen molar-refractivity contribution in [3.05, 3.63) is 53.1 Å². The van der Waals surface area contributed by atoms with E-state index in [9.17, 15) is 18.6 Å². The molecule has 3 rings (SSSR count). The van der Waals surface area contributed by atoms with E-state index in [0.717, 1.165) is 68.1 Å². The minimum atomic E-state index is -3.27. The van der Waals surface area contributed by atoms with E-state index in [4.69, 9.17) is 0 Å². The quantitative estimate of drug-likeness (QED) is 0.173. The summed E-state index contributed by atoms with van der Waals surface area (Å²) in [5, 5.41) is 22.4. The van der Waals surface area contributed by atoms with E-state index in [0.29, 0.717) is 11.7 Å². The molecule has 0 fully saturated rings. The monoisotopic (exact) mass is 547 g/mol. The van der Waals surface area contributed by atoms with Crippen LogP contribution in [0, 0.1) is 0 Å². The Labute approximate surface area is 222 Å². The molecule has 10 heteroatoms. The van der Waals surface area contributed by atoms with E-state index in [1.54, 1.807) is 18.2 Å². The summed E-state index contributed by atoms with van der Waals surface area (Å²) >= 11 is 0. The summed E-state index contributed by atoms with van der Waals surface area (Å²) in [6.07, 6.45) is 9.29. The second-order valence-corrected chi connectivity index (χ2v) is 10.7. The van der Waals surface area contributed by atoms with E-state index in [-0.39, 0.29) is 36.3 Å². The molecule has 0 aliphatic heterocycles. The lowest BCUT2D eigenvalue weighted by Crippen LogP contribution is -2.49. The number of benzene rings is 2. The van der Waals surface area contributed by atoms with Crippen LogP contribution in [0.25, 0.3) is 0 Å². The summed E-state index contributed by atoms with van der Waals surface area (Å²) in [5.41, 5.74) is 7.33. The molecule has 1 unspecified atom stereocenters. The zero-order valence-corrected chi connectivity index (χ0v) is 22.9. The summed E-state index contributed by atoms with van der Waals surface area (Å²) in [5.74, 6) is -0.0123. The lowest BCUT2D eigenvalue weighted by atomic mass is 9.87. The summed E-state index contributed by atoms with van der Waals surface area (Å²) in [4.78, 5) is 0. The van der Waals surface area contributed by atoms with Crippen LogP contribution >= 0.6 is 24.8 Å². The molecule has 0 aromatic heterocycles. The Balaban J connectivity index is 0.00000306. The molecule has 0 heterocycles. The van der Waals surface area contributed by atoms with Gasteiger partial charge in [-0.2, -0.15) is 0 Å². The van der Waals surface area contributed by atoms with Gasteiger partial charge < -0.3 is 10.2 Å². The van der Waals surface area contributed by atoms with Crippen LogP contribution in [0.2, 0.25) is 0 Å². The highest BCUT2D eigenvalue weighted by atomic mass is 35.5. The topological polar surface area (TPSA) is 102 Å². The standard InChI is InChI=1S/C25H37N3O4S.2ClH/c1-3-4-5-6-17-28(22-12-13-23-20(18-22)9-14-24(29)25(23)30)26-16-15-19-7-10-21(11-8-19)27-33(2,31)32;;/h7-11,14,22,26-27,29-30H,3-6,12-13,15-18H2,1-2H3;2*1H. The lowest BCUT2D eigenvalue weighted by molar-refractivity contribution is 0.109. The van der Waals surface area contributed by atoms with Crippen LogP contribution in [-0.4, -0.2) is 49.0 Å². The van der Waals surface area contributed by atoms with E-state index < -0.39 is 10.0 Å². The Bertz CT molecular complexity index is 1020. The Hall–Kier alpha value is -1.71. The number of nitrogens with one attached hydrogen (secondary N) is 2. The SMILES string of the molecule is CCCCCCN(NCCc1ccc(NS(C)(=O)=O)cc1)C1CCc2c(ccc(O)c2O)C1.Cl.Cl. The van der Waals surface area contributed by atoms with Gasteiger partial charge in [0.25, 0.3) is 0 Å². The van der Waals surface area contributed by atoms with Crippen LogP contribution in [0.3, 0.4) is 0 Å². The molecule has 0 bridgehead atoms. The fourth-order valence-electron chi connectivity index (χ4n) is 4.47. The van der Waals surface area contributed by atoms with Gasteiger partial charge in [-0.25, -0.2) is 13.4 Å². The van der Waals surface area contributed by atoms with Crippen LogP contribution in [0.1, 0.15) is 55.7 Å². The van der Waals surface area contributed by atoms with Gasteiger partial charge in [0.1, 0.15) is 0 Å². The highest BCUT2D eigenvalue weighted by molar-refractivity contribution is 7.92. The molecule has 0 amide bonds. The lowest BCUT2D eigenvalue weighted by Gasteiger charge is -2.36. The molecule has 1 aliphatic carbocycles. The molecule has 0 saturated heterocycles. The second kappa shape index (κ2) is 14.8. The first-order chi connectivity index (χ1) is 15.8. The number of unbranched alkanes of at least 4 members (excludes halogenated alkanes) is 3. The Morgan fingerprint density at radius 1 is 1.03 bits per heavy atom. The molecule has 0 radical (unpaired) electrons. The molecular formula is C25H39Cl2N3O4S. The maximum Gasteiger partial charge on any atom is 0.229 e. The van der Waals surface area contributed by atoms with Crippen molar-refractivity contribution in [3.63, 3.8) is 0 Å². The third-order valence-corrected chi connectivity index (χ3v) is 6.83. The molecular weight excluding hydrogens is 509 g/mol. The van der Waals surface area contributed by atoms with Crippen molar-refractivity contribution in [1.29, 1.82) is 0 Å². The zero-order chi connectivity index (χ0) is 23.8. The maximum atomic E-state index is 11.4. The van der Waals surface area contributed by atoms with Gasteiger partial charge in [-0.15, -0.1) is 24.8 Å². The number of aromatic hydroxyl groups is 2. The number of halogens is 2. The predicted octanol–water partition coefficient (Wildman–Crippen LogP) is 4.80. The van der Waals surface area contributed by atoms with Gasteiger partial charge in [0.15, 0.2) is 11.5 Å². The average Bonchev–Trinajstić information content (AvgIpc) is 2.78. The van der Waals surface area contributed by atoms with Crippen molar-refractivity contribution in [1.82, 2.24) is 10.4 Å². The van der Waals surface area contributed by atoms with Crippen LogP contribution in [0.5, 0.6) is 11.5 Å². The number of hydrogen-bond acceptors (Lipinski definition) is 6. The van der Waals surface area contributed by atoms with Gasteiger partial charge in [-0.05, 0) is 61.4 Å². The highest BCUT2D eigenvalue weighted by Crippen LogP contribution is 2.36.